The number of carbonyl (C=O) groups excluding carboxylic acids is 3. The van der Waals surface area contributed by atoms with Gasteiger partial charge in [0.25, 0.3) is 0 Å². The van der Waals surface area contributed by atoms with E-state index in [-0.39, 0.29) is 48.7 Å². The number of carbonyl (C=O) groups is 3. The lowest BCUT2D eigenvalue weighted by atomic mass is 9.72. The fraction of sp³-hybridized carbons (Fsp3) is 0.222. The Morgan fingerprint density at radius 1 is 1.03 bits per heavy atom. The van der Waals surface area contributed by atoms with Crippen molar-refractivity contribution in [1.82, 2.24) is 25.6 Å². The van der Waals surface area contributed by atoms with Crippen LogP contribution in [0.3, 0.4) is 0 Å². The summed E-state index contributed by atoms with van der Waals surface area (Å²) >= 11 is 3.72. The van der Waals surface area contributed by atoms with E-state index < -0.39 is 35.5 Å². The molecule has 15 heteroatoms. The number of phenols is 1. The number of ether oxygens (including phenoxy) is 2. The molecule has 2 aliphatic heterocycles. The van der Waals surface area contributed by atoms with E-state index >= 15 is 0 Å². The summed E-state index contributed by atoms with van der Waals surface area (Å²) in [6, 6.07) is 23.7. The third-order valence-electron chi connectivity index (χ3n) is 11.0. The van der Waals surface area contributed by atoms with Crippen molar-refractivity contribution in [3.8, 4) is 34.4 Å². The molecular weight excluding hydrogens is 832 g/mol. The van der Waals surface area contributed by atoms with Crippen LogP contribution in [0.5, 0.6) is 11.5 Å². The first-order valence-electron chi connectivity index (χ1n) is 19.4. The van der Waals surface area contributed by atoms with Crippen molar-refractivity contribution in [2.45, 2.75) is 51.3 Å². The number of benzene rings is 4. The largest absolute Gasteiger partial charge is 0.508 e. The summed E-state index contributed by atoms with van der Waals surface area (Å²) in [6.07, 6.45) is 2.64. The molecule has 4 aromatic carbocycles. The Bertz CT molecular complexity index is 2790. The Labute approximate surface area is 351 Å². The van der Waals surface area contributed by atoms with Crippen molar-refractivity contribution in [1.29, 1.82) is 0 Å². The number of halogens is 1. The lowest BCUT2D eigenvalue weighted by molar-refractivity contribution is -0.131. The van der Waals surface area contributed by atoms with Crippen molar-refractivity contribution < 1.29 is 37.8 Å². The number of rotatable bonds is 7. The van der Waals surface area contributed by atoms with Gasteiger partial charge in [-0.25, -0.2) is 14.8 Å². The second-order valence-corrected chi connectivity index (χ2v) is 16.1. The number of aromatic nitrogens is 3. The molecule has 5 N–H and O–H groups in total. The standard InChI is InChI=1S/C45H39BrN6O8/c1-23(2)36-43-52-39(42-48-20-35(59-42)28-19-47-37-27(28)11-7-14-34(37)58-24(3)53)40(60-43)45(22-49-38-29(45)12-8-13-31(38)46)30-17-26(15-16-33(30)54)18-32(41(55)51-36)50-44(56)57-21-25-9-5-4-6-10-25/h4-17,19-20,23,32,36,47,49,54H,18,21-22H2,1-3H3,(H,50,56)(H,51,55)/t32-,36?,45?/m0/s1. The number of esters is 1. The maximum absolute atomic E-state index is 14.3. The van der Waals surface area contributed by atoms with Gasteiger partial charge < -0.3 is 44.3 Å². The van der Waals surface area contributed by atoms with Crippen LogP contribution in [0, 0.1) is 5.92 Å². The van der Waals surface area contributed by atoms with Gasteiger partial charge in [-0.05, 0) is 56.7 Å². The van der Waals surface area contributed by atoms with Gasteiger partial charge >= 0.3 is 12.1 Å². The van der Waals surface area contributed by atoms with Crippen molar-refractivity contribution >= 4 is 50.5 Å². The van der Waals surface area contributed by atoms with Crippen molar-refractivity contribution in [2.24, 2.45) is 5.92 Å². The Hall–Kier alpha value is -6.87. The number of hydrogen-bond acceptors (Lipinski definition) is 11. The second kappa shape index (κ2) is 15.4. The summed E-state index contributed by atoms with van der Waals surface area (Å²) in [5.41, 5.74) is 3.83. The minimum Gasteiger partial charge on any atom is -0.508 e. The maximum atomic E-state index is 14.3. The summed E-state index contributed by atoms with van der Waals surface area (Å²) in [5.74, 6) is 0.198. The Kier molecular flexibility index (Phi) is 9.90. The number of anilines is 1. The highest BCUT2D eigenvalue weighted by Crippen LogP contribution is 2.54. The second-order valence-electron chi connectivity index (χ2n) is 15.2. The summed E-state index contributed by atoms with van der Waals surface area (Å²) in [6.45, 7) is 5.45. The number of oxazole rings is 2. The molecule has 0 aliphatic carbocycles. The van der Waals surface area contributed by atoms with E-state index in [1.807, 2.05) is 74.5 Å². The van der Waals surface area contributed by atoms with Crippen molar-refractivity contribution in [3.63, 3.8) is 0 Å². The van der Waals surface area contributed by atoms with Crippen LogP contribution < -0.4 is 20.7 Å². The zero-order valence-corrected chi connectivity index (χ0v) is 34.3. The molecule has 4 bridgehead atoms. The number of aromatic hydroxyl groups is 1. The number of fused-ring (bicyclic) bond motifs is 9. The van der Waals surface area contributed by atoms with Gasteiger partial charge in [-0.1, -0.05) is 80.6 Å². The lowest BCUT2D eigenvalue weighted by Gasteiger charge is -2.31. The van der Waals surface area contributed by atoms with E-state index in [1.54, 1.807) is 36.7 Å². The molecule has 2 amide bonds. The summed E-state index contributed by atoms with van der Waals surface area (Å²) in [4.78, 5) is 52.4. The van der Waals surface area contributed by atoms with Gasteiger partial charge in [-0.3, -0.25) is 9.59 Å². The fourth-order valence-electron chi connectivity index (χ4n) is 8.09. The van der Waals surface area contributed by atoms with E-state index in [0.29, 0.717) is 39.5 Å². The molecule has 60 heavy (non-hydrogen) atoms. The van der Waals surface area contributed by atoms with Gasteiger partial charge in [0.2, 0.25) is 17.7 Å². The molecule has 0 fully saturated rings. The molecule has 14 nitrogen and oxygen atoms in total. The number of H-pyrrole nitrogens is 1. The van der Waals surface area contributed by atoms with Crippen LogP contribution in [0.15, 0.2) is 111 Å². The molecule has 0 saturated heterocycles. The topological polar surface area (TPSA) is 194 Å². The van der Waals surface area contributed by atoms with Gasteiger partial charge in [0.05, 0.1) is 17.4 Å². The molecule has 3 aromatic heterocycles. The van der Waals surface area contributed by atoms with Crippen LogP contribution in [0.1, 0.15) is 60.7 Å². The molecule has 304 valence electrons. The number of nitrogens with zero attached hydrogens (tertiary/aromatic N) is 2. The van der Waals surface area contributed by atoms with Crippen LogP contribution in [0.25, 0.3) is 33.8 Å². The van der Waals surface area contributed by atoms with Gasteiger partial charge in [0.1, 0.15) is 29.9 Å². The highest BCUT2D eigenvalue weighted by atomic mass is 79.9. The first-order valence-corrected chi connectivity index (χ1v) is 20.2. The van der Waals surface area contributed by atoms with Crippen LogP contribution in [0.4, 0.5) is 10.5 Å². The number of amides is 2. The van der Waals surface area contributed by atoms with Crippen molar-refractivity contribution in [3.05, 3.63) is 136 Å². The van der Waals surface area contributed by atoms with Crippen LogP contribution in [-0.4, -0.2) is 50.6 Å². The number of alkyl carbamates (subject to hydrolysis) is 1. The monoisotopic (exact) mass is 870 g/mol. The normalized spacial score (nSPS) is 18.3. The highest BCUT2D eigenvalue weighted by Gasteiger charge is 2.51. The van der Waals surface area contributed by atoms with Crippen LogP contribution in [-0.2, 0) is 32.8 Å². The van der Waals surface area contributed by atoms with E-state index in [1.165, 1.54) is 6.92 Å². The fourth-order valence-corrected chi connectivity index (χ4v) is 8.60. The molecular formula is C45H39BrN6O8. The number of phenolic OH excluding ortho intramolecular Hbond substituents is 1. The maximum Gasteiger partial charge on any atom is 0.408 e. The Balaban J connectivity index is 1.19. The average molecular weight is 872 g/mol. The third-order valence-corrected chi connectivity index (χ3v) is 11.6. The SMILES string of the molecule is CC(=O)Oc1cccc2c(-c3cnc(-c4nc5oc4C4(CNc6c(Br)cccc64)c4cc(ccc4O)C[C@H](NC(=O)OCc4ccccc4)C(=O)NC5C(C)C)o3)c[nH]c12. The van der Waals surface area contributed by atoms with E-state index in [2.05, 4.69) is 36.9 Å². The zero-order valence-electron chi connectivity index (χ0n) is 32.7. The lowest BCUT2D eigenvalue weighted by Crippen LogP contribution is -2.49. The van der Waals surface area contributed by atoms with Gasteiger partial charge in [0, 0.05) is 47.1 Å². The Morgan fingerprint density at radius 3 is 2.65 bits per heavy atom. The first-order chi connectivity index (χ1) is 29.0. The number of hydrogen-bond donors (Lipinski definition) is 5. The molecule has 9 rings (SSSR count). The molecule has 2 unspecified atom stereocenters. The highest BCUT2D eigenvalue weighted by molar-refractivity contribution is 9.10. The molecule has 5 heterocycles. The summed E-state index contributed by atoms with van der Waals surface area (Å²) in [7, 11) is 0. The first kappa shape index (κ1) is 38.6. The number of aromatic amines is 1. The number of nitrogens with one attached hydrogen (secondary N) is 4. The molecule has 0 radical (unpaired) electrons. The van der Waals surface area contributed by atoms with E-state index in [4.69, 9.17) is 28.3 Å². The molecule has 3 atom stereocenters. The third kappa shape index (κ3) is 6.83. The quantitative estimate of drug-likeness (QED) is 0.0764. The predicted octanol–water partition coefficient (Wildman–Crippen LogP) is 8.30. The summed E-state index contributed by atoms with van der Waals surface area (Å²) < 4.78 is 25.2. The minimum absolute atomic E-state index is 0.0174. The van der Waals surface area contributed by atoms with Crippen molar-refractivity contribution in [2.75, 3.05) is 11.9 Å². The molecule has 0 saturated carbocycles. The summed E-state index contributed by atoms with van der Waals surface area (Å²) in [5, 5.41) is 22.0. The van der Waals surface area contributed by atoms with Gasteiger partial charge in [-0.2, -0.15) is 0 Å². The molecule has 7 aromatic rings. The van der Waals surface area contributed by atoms with E-state index in [0.717, 1.165) is 26.7 Å². The average Bonchev–Trinajstić information content (AvgIpc) is 4.05. The van der Waals surface area contributed by atoms with Gasteiger partial charge in [-0.15, -0.1) is 0 Å². The molecule has 2 aliphatic rings. The van der Waals surface area contributed by atoms with Crippen LogP contribution >= 0.6 is 15.9 Å². The van der Waals surface area contributed by atoms with E-state index in [9.17, 15) is 19.5 Å². The predicted molar refractivity (Wildman–Crippen MR) is 224 cm³/mol. The minimum atomic E-state index is -1.21. The smallest absolute Gasteiger partial charge is 0.408 e. The number of para-hydroxylation sites is 2. The molecule has 1 spiro atoms. The van der Waals surface area contributed by atoms with Crippen LogP contribution in [0.2, 0.25) is 0 Å². The Morgan fingerprint density at radius 2 is 1.85 bits per heavy atom. The zero-order chi connectivity index (χ0) is 41.7. The van der Waals surface area contributed by atoms with Gasteiger partial charge in [0.15, 0.2) is 23.0 Å².